The van der Waals surface area contributed by atoms with Gasteiger partial charge in [-0.2, -0.15) is 0 Å². The van der Waals surface area contributed by atoms with Crippen LogP contribution < -0.4 is 0 Å². The summed E-state index contributed by atoms with van der Waals surface area (Å²) in [5.74, 6) is 0. The van der Waals surface area contributed by atoms with Crippen molar-refractivity contribution in [3.8, 4) is 5.69 Å². The maximum absolute atomic E-state index is 9.23. The Morgan fingerprint density at radius 1 is 1.00 bits per heavy atom. The van der Waals surface area contributed by atoms with Crippen LogP contribution in [0.5, 0.6) is 0 Å². The summed E-state index contributed by atoms with van der Waals surface area (Å²) < 4.78 is 2.22. The van der Waals surface area contributed by atoms with Crippen molar-refractivity contribution in [2.75, 3.05) is 0 Å². The lowest BCUT2D eigenvalue weighted by Crippen LogP contribution is -1.97. The molecule has 90 valence electrons. The Morgan fingerprint density at radius 3 is 2.67 bits per heavy atom. The third-order valence-electron chi connectivity index (χ3n) is 3.25. The van der Waals surface area contributed by atoms with Crippen LogP contribution >= 0.6 is 0 Å². The van der Waals surface area contributed by atoms with Crippen LogP contribution in [0.3, 0.4) is 0 Å². The molecule has 0 spiro atoms. The Hall–Kier alpha value is -2.06. The van der Waals surface area contributed by atoms with Crippen molar-refractivity contribution in [1.82, 2.24) is 4.57 Å². The average molecular weight is 237 g/mol. The van der Waals surface area contributed by atoms with Gasteiger partial charge >= 0.3 is 0 Å². The zero-order chi connectivity index (χ0) is 12.5. The Bertz CT molecular complexity index is 697. The quantitative estimate of drug-likeness (QED) is 0.725. The van der Waals surface area contributed by atoms with Crippen LogP contribution in [0.1, 0.15) is 11.3 Å². The molecule has 18 heavy (non-hydrogen) atoms. The van der Waals surface area contributed by atoms with E-state index in [0.717, 1.165) is 11.3 Å². The van der Waals surface area contributed by atoms with E-state index in [1.54, 1.807) is 0 Å². The molecule has 2 heteroatoms. The SMILES string of the molecule is Cc1cc2ccccc2n1-c1cccc(CO)c1. The van der Waals surface area contributed by atoms with Crippen molar-refractivity contribution in [2.45, 2.75) is 13.5 Å². The first kappa shape index (κ1) is 11.1. The number of para-hydroxylation sites is 1. The zero-order valence-corrected chi connectivity index (χ0v) is 10.3. The van der Waals surface area contributed by atoms with E-state index in [2.05, 4.69) is 41.8 Å². The number of hydrogen-bond donors (Lipinski definition) is 1. The van der Waals surface area contributed by atoms with Gasteiger partial charge in [0.05, 0.1) is 12.1 Å². The van der Waals surface area contributed by atoms with E-state index >= 15 is 0 Å². The summed E-state index contributed by atoms with van der Waals surface area (Å²) in [5, 5.41) is 10.5. The summed E-state index contributed by atoms with van der Waals surface area (Å²) >= 11 is 0. The highest BCUT2D eigenvalue weighted by Gasteiger charge is 2.07. The molecule has 1 N–H and O–H groups in total. The second-order valence-corrected chi connectivity index (χ2v) is 4.51. The molecule has 0 aliphatic carbocycles. The van der Waals surface area contributed by atoms with Crippen LogP contribution in [-0.4, -0.2) is 9.67 Å². The van der Waals surface area contributed by atoms with Crippen molar-refractivity contribution in [2.24, 2.45) is 0 Å². The highest BCUT2D eigenvalue weighted by molar-refractivity contribution is 5.83. The molecule has 3 aromatic rings. The van der Waals surface area contributed by atoms with E-state index in [0.29, 0.717) is 0 Å². The van der Waals surface area contributed by atoms with Gasteiger partial charge in [-0.1, -0.05) is 30.3 Å². The smallest absolute Gasteiger partial charge is 0.0682 e. The van der Waals surface area contributed by atoms with Crippen molar-refractivity contribution in [1.29, 1.82) is 0 Å². The number of aliphatic hydroxyl groups is 1. The Kier molecular flexibility index (Phi) is 2.65. The van der Waals surface area contributed by atoms with Gasteiger partial charge in [0, 0.05) is 16.8 Å². The lowest BCUT2D eigenvalue weighted by atomic mass is 10.2. The van der Waals surface area contributed by atoms with Gasteiger partial charge in [-0.25, -0.2) is 0 Å². The predicted octanol–water partition coefficient (Wildman–Crippen LogP) is 3.43. The van der Waals surface area contributed by atoms with Gasteiger partial charge in [0.2, 0.25) is 0 Å². The molecule has 1 aromatic heterocycles. The fraction of sp³-hybridized carbons (Fsp3) is 0.125. The molecular weight excluding hydrogens is 222 g/mol. The Balaban J connectivity index is 2.27. The second kappa shape index (κ2) is 4.31. The maximum Gasteiger partial charge on any atom is 0.0682 e. The molecule has 1 heterocycles. The summed E-state index contributed by atoms with van der Waals surface area (Å²) in [6, 6.07) is 18.5. The van der Waals surface area contributed by atoms with Crippen molar-refractivity contribution >= 4 is 10.9 Å². The van der Waals surface area contributed by atoms with E-state index in [9.17, 15) is 5.11 Å². The third kappa shape index (κ3) is 1.71. The molecule has 0 saturated heterocycles. The van der Waals surface area contributed by atoms with Gasteiger partial charge in [-0.15, -0.1) is 0 Å². The molecule has 2 nitrogen and oxygen atoms in total. The Morgan fingerprint density at radius 2 is 1.83 bits per heavy atom. The van der Waals surface area contributed by atoms with Gasteiger partial charge in [0.1, 0.15) is 0 Å². The number of benzene rings is 2. The molecule has 0 aliphatic heterocycles. The first-order chi connectivity index (χ1) is 8.79. The average Bonchev–Trinajstić information content (AvgIpc) is 2.74. The summed E-state index contributed by atoms with van der Waals surface area (Å²) in [6.07, 6.45) is 0. The van der Waals surface area contributed by atoms with E-state index in [4.69, 9.17) is 0 Å². The molecule has 0 bridgehead atoms. The van der Waals surface area contributed by atoms with E-state index in [-0.39, 0.29) is 6.61 Å². The zero-order valence-electron chi connectivity index (χ0n) is 10.3. The molecule has 0 unspecified atom stereocenters. The summed E-state index contributed by atoms with van der Waals surface area (Å²) in [6.45, 7) is 2.18. The van der Waals surface area contributed by atoms with Gasteiger partial charge in [-0.05, 0) is 36.8 Å². The Labute approximate surface area is 106 Å². The summed E-state index contributed by atoms with van der Waals surface area (Å²) in [5.41, 5.74) is 4.43. The molecule has 0 saturated carbocycles. The molecule has 2 aromatic carbocycles. The summed E-state index contributed by atoms with van der Waals surface area (Å²) in [7, 11) is 0. The topological polar surface area (TPSA) is 25.2 Å². The van der Waals surface area contributed by atoms with Crippen LogP contribution in [0.2, 0.25) is 0 Å². The lowest BCUT2D eigenvalue weighted by Gasteiger charge is -2.09. The van der Waals surface area contributed by atoms with Crippen molar-refractivity contribution in [3.05, 3.63) is 65.9 Å². The van der Waals surface area contributed by atoms with Gasteiger partial charge in [-0.3, -0.25) is 0 Å². The van der Waals surface area contributed by atoms with E-state index < -0.39 is 0 Å². The third-order valence-corrected chi connectivity index (χ3v) is 3.25. The van der Waals surface area contributed by atoms with Gasteiger partial charge < -0.3 is 9.67 Å². The van der Waals surface area contributed by atoms with Gasteiger partial charge in [0.25, 0.3) is 0 Å². The maximum atomic E-state index is 9.23. The molecule has 0 fully saturated rings. The van der Waals surface area contributed by atoms with Crippen LogP contribution in [0.25, 0.3) is 16.6 Å². The molecular formula is C16H15NO. The minimum Gasteiger partial charge on any atom is -0.392 e. The number of hydrogen-bond acceptors (Lipinski definition) is 1. The highest BCUT2D eigenvalue weighted by atomic mass is 16.3. The van der Waals surface area contributed by atoms with E-state index in [1.165, 1.54) is 16.6 Å². The van der Waals surface area contributed by atoms with Crippen LogP contribution in [0.15, 0.2) is 54.6 Å². The minimum atomic E-state index is 0.0755. The normalized spacial score (nSPS) is 11.0. The standard InChI is InChI=1S/C16H15NO/c1-12-9-14-6-2-3-8-16(14)17(12)15-7-4-5-13(10-15)11-18/h2-10,18H,11H2,1H3. The van der Waals surface area contributed by atoms with Crippen LogP contribution in [0, 0.1) is 6.92 Å². The number of aromatic nitrogens is 1. The number of aryl methyl sites for hydroxylation is 1. The summed E-state index contributed by atoms with van der Waals surface area (Å²) in [4.78, 5) is 0. The minimum absolute atomic E-state index is 0.0755. The fourth-order valence-corrected chi connectivity index (χ4v) is 2.43. The first-order valence-corrected chi connectivity index (χ1v) is 6.07. The lowest BCUT2D eigenvalue weighted by molar-refractivity contribution is 0.282. The fourth-order valence-electron chi connectivity index (χ4n) is 2.43. The molecule has 3 rings (SSSR count). The highest BCUT2D eigenvalue weighted by Crippen LogP contribution is 2.24. The monoisotopic (exact) mass is 237 g/mol. The number of rotatable bonds is 2. The number of aliphatic hydroxyl groups excluding tert-OH is 1. The molecule has 0 atom stereocenters. The van der Waals surface area contributed by atoms with Crippen molar-refractivity contribution < 1.29 is 5.11 Å². The second-order valence-electron chi connectivity index (χ2n) is 4.51. The molecule has 0 radical (unpaired) electrons. The molecule has 0 aliphatic rings. The van der Waals surface area contributed by atoms with Crippen molar-refractivity contribution in [3.63, 3.8) is 0 Å². The van der Waals surface area contributed by atoms with Gasteiger partial charge in [0.15, 0.2) is 0 Å². The van der Waals surface area contributed by atoms with Crippen LogP contribution in [-0.2, 0) is 6.61 Å². The predicted molar refractivity (Wildman–Crippen MR) is 73.9 cm³/mol. The largest absolute Gasteiger partial charge is 0.392 e. The van der Waals surface area contributed by atoms with Crippen LogP contribution in [0.4, 0.5) is 0 Å². The molecule has 0 amide bonds. The number of nitrogens with zero attached hydrogens (tertiary/aromatic N) is 1. The van der Waals surface area contributed by atoms with E-state index in [1.807, 2.05) is 24.3 Å². The first-order valence-electron chi connectivity index (χ1n) is 6.07. The number of fused-ring (bicyclic) bond motifs is 1.